The molecule has 0 heterocycles. The number of nitrogens with two attached hydrogens (primary N) is 1. The van der Waals surface area contributed by atoms with Crippen LogP contribution in [0.4, 0.5) is 0 Å². The van der Waals surface area contributed by atoms with Gasteiger partial charge in [-0.25, -0.2) is 0 Å². The molecule has 2 aliphatic rings. The van der Waals surface area contributed by atoms with Crippen LogP contribution in [0.2, 0.25) is 0 Å². The van der Waals surface area contributed by atoms with Crippen LogP contribution in [0.3, 0.4) is 0 Å². The van der Waals surface area contributed by atoms with E-state index in [2.05, 4.69) is 0 Å². The molecule has 5 nitrogen and oxygen atoms in total. The molecule has 0 aromatic heterocycles. The summed E-state index contributed by atoms with van der Waals surface area (Å²) in [5.41, 5.74) is 3.63. The number of carboxylic acid groups (broad SMARTS) is 2. The molecule has 0 saturated heterocycles. The van der Waals surface area contributed by atoms with Crippen molar-refractivity contribution in [3.05, 3.63) is 0 Å². The molecule has 3 atom stereocenters. The Bertz CT molecular complexity index is 289. The van der Waals surface area contributed by atoms with Gasteiger partial charge in [-0.05, 0) is 12.8 Å². The van der Waals surface area contributed by atoms with Gasteiger partial charge in [-0.3, -0.25) is 9.59 Å². The van der Waals surface area contributed by atoms with E-state index in [4.69, 9.17) is 15.9 Å². The average molecular weight is 171 g/mol. The smallest absolute Gasteiger partial charge is 0.324 e. The molecule has 1 spiro atoms. The summed E-state index contributed by atoms with van der Waals surface area (Å²) in [7, 11) is 0. The van der Waals surface area contributed by atoms with Gasteiger partial charge in [-0.15, -0.1) is 0 Å². The zero-order valence-electron chi connectivity index (χ0n) is 6.28. The van der Waals surface area contributed by atoms with Crippen molar-refractivity contribution in [2.45, 2.75) is 18.4 Å². The molecule has 2 fully saturated rings. The Morgan fingerprint density at radius 1 is 1.42 bits per heavy atom. The molecule has 0 aliphatic heterocycles. The second-order valence-corrected chi connectivity index (χ2v) is 3.70. The van der Waals surface area contributed by atoms with E-state index in [1.807, 2.05) is 0 Å². The van der Waals surface area contributed by atoms with E-state index >= 15 is 0 Å². The van der Waals surface area contributed by atoms with Gasteiger partial charge in [0.15, 0.2) is 0 Å². The highest BCUT2D eigenvalue weighted by atomic mass is 16.4. The van der Waals surface area contributed by atoms with Crippen molar-refractivity contribution in [2.24, 2.45) is 17.1 Å². The fraction of sp³-hybridized carbons (Fsp3) is 0.714. The third-order valence-electron chi connectivity index (χ3n) is 3.11. The predicted molar refractivity (Wildman–Crippen MR) is 37.3 cm³/mol. The minimum atomic E-state index is -1.25. The lowest BCUT2D eigenvalue weighted by Crippen LogP contribution is -2.36. The lowest BCUT2D eigenvalue weighted by Gasteiger charge is -2.01. The van der Waals surface area contributed by atoms with Crippen molar-refractivity contribution in [3.8, 4) is 0 Å². The molecule has 0 aromatic rings. The fourth-order valence-electron chi connectivity index (χ4n) is 2.06. The number of carboxylic acids is 2. The van der Waals surface area contributed by atoms with Gasteiger partial charge >= 0.3 is 11.9 Å². The lowest BCUT2D eigenvalue weighted by atomic mass is 10.1. The first-order valence-electron chi connectivity index (χ1n) is 3.69. The summed E-state index contributed by atoms with van der Waals surface area (Å²) in [6, 6.07) is 0. The van der Waals surface area contributed by atoms with Gasteiger partial charge in [0.1, 0.15) is 5.54 Å². The molecule has 12 heavy (non-hydrogen) atoms. The Kier molecular flexibility index (Phi) is 1.03. The van der Waals surface area contributed by atoms with Crippen LogP contribution < -0.4 is 5.73 Å². The normalized spacial score (nSPS) is 48.9. The maximum absolute atomic E-state index is 10.6. The molecule has 0 aromatic carbocycles. The number of carbonyl (C=O) groups is 2. The quantitative estimate of drug-likeness (QED) is 0.508. The molecule has 2 aliphatic carbocycles. The van der Waals surface area contributed by atoms with E-state index in [0.29, 0.717) is 12.8 Å². The highest BCUT2D eigenvalue weighted by Gasteiger charge is 2.84. The number of aliphatic carboxylic acids is 2. The summed E-state index contributed by atoms with van der Waals surface area (Å²) in [6.07, 6.45) is 0.734. The second-order valence-electron chi connectivity index (χ2n) is 3.70. The highest BCUT2D eigenvalue weighted by molar-refractivity contribution is 5.90. The van der Waals surface area contributed by atoms with E-state index < -0.39 is 28.8 Å². The summed E-state index contributed by atoms with van der Waals surface area (Å²) in [5.74, 6) is -2.53. The topological polar surface area (TPSA) is 101 Å². The first-order chi connectivity index (χ1) is 5.44. The SMILES string of the molecule is N[C@@]1(C(=O)O)C[C@@]12C[C@H]2C(=O)O. The van der Waals surface area contributed by atoms with Crippen LogP contribution in [0.15, 0.2) is 0 Å². The van der Waals surface area contributed by atoms with Crippen LogP contribution in [0.5, 0.6) is 0 Å². The van der Waals surface area contributed by atoms with Crippen molar-refractivity contribution < 1.29 is 19.8 Å². The third-order valence-corrected chi connectivity index (χ3v) is 3.11. The molecule has 0 radical (unpaired) electrons. The molecule has 0 amide bonds. The van der Waals surface area contributed by atoms with Crippen molar-refractivity contribution in [1.82, 2.24) is 0 Å². The van der Waals surface area contributed by atoms with Gasteiger partial charge in [0.25, 0.3) is 0 Å². The van der Waals surface area contributed by atoms with Crippen LogP contribution >= 0.6 is 0 Å². The summed E-state index contributed by atoms with van der Waals surface area (Å²) in [4.78, 5) is 21.1. The Labute approximate surface area is 68.2 Å². The van der Waals surface area contributed by atoms with Crippen LogP contribution in [0, 0.1) is 11.3 Å². The zero-order valence-corrected chi connectivity index (χ0v) is 6.28. The van der Waals surface area contributed by atoms with E-state index in [-0.39, 0.29) is 0 Å². The van der Waals surface area contributed by atoms with E-state index in [1.165, 1.54) is 0 Å². The van der Waals surface area contributed by atoms with Crippen molar-refractivity contribution in [2.75, 3.05) is 0 Å². The van der Waals surface area contributed by atoms with E-state index in [9.17, 15) is 9.59 Å². The molecular formula is C7H9NO4. The van der Waals surface area contributed by atoms with Crippen LogP contribution in [0.25, 0.3) is 0 Å². The number of hydrogen-bond donors (Lipinski definition) is 3. The molecule has 5 heteroatoms. The van der Waals surface area contributed by atoms with Crippen LogP contribution in [-0.2, 0) is 9.59 Å². The Balaban J connectivity index is 2.15. The van der Waals surface area contributed by atoms with E-state index in [1.54, 1.807) is 0 Å². The number of rotatable bonds is 2. The Hall–Kier alpha value is -1.10. The first-order valence-corrected chi connectivity index (χ1v) is 3.69. The van der Waals surface area contributed by atoms with Gasteiger partial charge in [0.2, 0.25) is 0 Å². The van der Waals surface area contributed by atoms with Crippen LogP contribution in [0.1, 0.15) is 12.8 Å². The first kappa shape index (κ1) is 7.54. The third kappa shape index (κ3) is 0.582. The molecule has 0 unspecified atom stereocenters. The summed E-state index contributed by atoms with van der Waals surface area (Å²) in [6.45, 7) is 0. The van der Waals surface area contributed by atoms with Gasteiger partial charge < -0.3 is 15.9 Å². The maximum atomic E-state index is 10.6. The highest BCUT2D eigenvalue weighted by Crippen LogP contribution is 2.75. The van der Waals surface area contributed by atoms with Crippen molar-refractivity contribution in [3.63, 3.8) is 0 Å². The standard InChI is InChI=1S/C7H9NO4/c8-7(5(11)12)2-6(7)1-3(6)4(9)10/h3H,1-2,8H2,(H,9,10)(H,11,12)/t3-,6+,7+/m0/s1. The predicted octanol–water partition coefficient (Wildman–Crippen LogP) is -0.737. The second kappa shape index (κ2) is 1.64. The maximum Gasteiger partial charge on any atom is 0.324 e. The largest absolute Gasteiger partial charge is 0.481 e. The molecular weight excluding hydrogens is 162 g/mol. The molecule has 66 valence electrons. The van der Waals surface area contributed by atoms with Crippen molar-refractivity contribution in [1.29, 1.82) is 0 Å². The minimum Gasteiger partial charge on any atom is -0.481 e. The summed E-state index contributed by atoms with van der Waals surface area (Å²) >= 11 is 0. The van der Waals surface area contributed by atoms with Crippen molar-refractivity contribution >= 4 is 11.9 Å². The Morgan fingerprint density at radius 2 is 2.00 bits per heavy atom. The summed E-state index contributed by atoms with van der Waals surface area (Å²) < 4.78 is 0. The van der Waals surface area contributed by atoms with Gasteiger partial charge in [-0.1, -0.05) is 0 Å². The average Bonchev–Trinajstić information content (AvgIpc) is 2.75. The van der Waals surface area contributed by atoms with Gasteiger partial charge in [0.05, 0.1) is 5.92 Å². The van der Waals surface area contributed by atoms with E-state index in [0.717, 1.165) is 0 Å². The summed E-state index contributed by atoms with van der Waals surface area (Å²) in [5, 5.41) is 17.3. The zero-order chi connectivity index (χ0) is 9.15. The molecule has 0 bridgehead atoms. The van der Waals surface area contributed by atoms with Gasteiger partial charge in [-0.2, -0.15) is 0 Å². The van der Waals surface area contributed by atoms with Gasteiger partial charge in [0, 0.05) is 5.41 Å². The molecule has 2 saturated carbocycles. The number of hydrogen-bond acceptors (Lipinski definition) is 3. The minimum absolute atomic E-state index is 0.312. The molecule has 4 N–H and O–H groups in total. The lowest BCUT2D eigenvalue weighted by molar-refractivity contribution is -0.140. The fourth-order valence-corrected chi connectivity index (χ4v) is 2.06. The Morgan fingerprint density at radius 3 is 2.25 bits per heavy atom. The molecule has 2 rings (SSSR count). The monoisotopic (exact) mass is 171 g/mol. The van der Waals surface area contributed by atoms with Crippen LogP contribution in [-0.4, -0.2) is 27.7 Å².